The van der Waals surface area contributed by atoms with Gasteiger partial charge in [-0.15, -0.1) is 0 Å². The Morgan fingerprint density at radius 3 is 2.13 bits per heavy atom. The molecule has 2 aromatic heterocycles. The second-order valence-electron chi connectivity index (χ2n) is 14.1. The zero-order valence-corrected chi connectivity index (χ0v) is 27.8. The molecule has 7 aromatic carbocycles. The van der Waals surface area contributed by atoms with Crippen molar-refractivity contribution in [2.45, 2.75) is 33.1 Å². The van der Waals surface area contributed by atoms with Gasteiger partial charge in [0.2, 0.25) is 0 Å². The van der Waals surface area contributed by atoms with Gasteiger partial charge in [0, 0.05) is 33.2 Å². The zero-order valence-electron chi connectivity index (χ0n) is 49.8. The molecule has 9 aromatic rings. The highest BCUT2D eigenvalue weighted by atomic mass is 16.3. The standard InChI is InChI=1S/C47H34BN3O/c1-27-24-39-44-40(25-27)51-37-18-9-14-30-29-12-5-7-16-34(29)50(45(30)37)38-19-10-15-32(46(38)51)48(44)33-26-28(47(2,3)4)22-23-35(33)49(39)36-17-11-21-42-43(36)31-13-6-8-20-41(31)52-42/h5-26H,1-4H3/i5D,6D,7D,8D,9D,10D,11D,12D,13D,14D,15D,16D,17D,18D,19D,20D,21D,22D,23D,24D,25D,26D. The van der Waals surface area contributed by atoms with E-state index in [2.05, 4.69) is 0 Å². The Bertz CT molecular complexity index is 4310. The monoisotopic (exact) mass is 689 g/mol. The highest BCUT2D eigenvalue weighted by Gasteiger charge is 2.46. The van der Waals surface area contributed by atoms with E-state index in [-0.39, 0.29) is 94.2 Å². The molecule has 246 valence electrons. The van der Waals surface area contributed by atoms with E-state index in [0.29, 0.717) is 0 Å². The first-order chi connectivity index (χ1) is 34.6. The third-order valence-corrected chi connectivity index (χ3v) is 10.1. The van der Waals surface area contributed by atoms with Crippen molar-refractivity contribution in [2.24, 2.45) is 0 Å². The van der Waals surface area contributed by atoms with Gasteiger partial charge in [-0.25, -0.2) is 0 Å². The third-order valence-electron chi connectivity index (χ3n) is 10.1. The lowest BCUT2D eigenvalue weighted by Gasteiger charge is -2.46. The van der Waals surface area contributed by atoms with Crippen LogP contribution in [0, 0.1) is 6.92 Å². The Kier molecular flexibility index (Phi) is 2.72. The molecule has 0 aliphatic carbocycles. The van der Waals surface area contributed by atoms with Gasteiger partial charge in [-0.2, -0.15) is 0 Å². The Labute approximate surface area is 333 Å². The van der Waals surface area contributed by atoms with Gasteiger partial charge in [0.05, 0.1) is 69.3 Å². The molecule has 0 amide bonds. The SMILES string of the molecule is [2H]c1c([2H])c2c3c(c1[2H])-n1c4c([2H])c([2H])c([2H])c([2H])c4c4c([2H])c([2H])c([2H])c(c41)N3c1c([2H])c(C)c([2H])c3c1B2c1c([2H])c(C(C)(C)C)c([2H])c([2H])c1N3c1c([2H])c([2H])c([2H])c2oc3c([2H])c([2H])c([2H])c([2H])c3c12. The van der Waals surface area contributed by atoms with E-state index < -0.39 is 162 Å². The van der Waals surface area contributed by atoms with E-state index in [1.54, 1.807) is 20.8 Å². The molecular formula is C47H34BN3O. The maximum Gasteiger partial charge on any atom is 0.252 e. The van der Waals surface area contributed by atoms with Crippen LogP contribution in [0.4, 0.5) is 34.1 Å². The van der Waals surface area contributed by atoms with E-state index in [9.17, 15) is 19.2 Å². The van der Waals surface area contributed by atoms with Crippen molar-refractivity contribution in [2.75, 3.05) is 9.80 Å². The normalized spacial score (nSPS) is 20.0. The average molecular weight is 690 g/mol. The lowest BCUT2D eigenvalue weighted by atomic mass is 9.33. The van der Waals surface area contributed by atoms with Gasteiger partial charge in [0.15, 0.2) is 0 Å². The van der Waals surface area contributed by atoms with E-state index in [4.69, 9.17) is 15.4 Å². The highest BCUT2D eigenvalue weighted by molar-refractivity contribution is 7.00. The maximum atomic E-state index is 10.3. The molecule has 5 heterocycles. The number of para-hydroxylation sites is 4. The number of hydrogen-bond acceptors (Lipinski definition) is 3. The number of benzene rings is 7. The fourth-order valence-electron chi connectivity index (χ4n) is 7.99. The molecule has 0 atom stereocenters. The molecule has 0 saturated carbocycles. The molecule has 0 saturated heterocycles. The first kappa shape index (κ1) is 14.8. The van der Waals surface area contributed by atoms with Crippen LogP contribution in [0.3, 0.4) is 0 Å². The molecule has 12 rings (SSSR count). The molecule has 5 heteroatoms. The molecule has 0 bridgehead atoms. The van der Waals surface area contributed by atoms with E-state index in [1.807, 2.05) is 0 Å². The molecule has 0 unspecified atom stereocenters. The second-order valence-corrected chi connectivity index (χ2v) is 14.1. The van der Waals surface area contributed by atoms with Crippen LogP contribution in [-0.4, -0.2) is 11.3 Å². The zero-order chi connectivity index (χ0) is 53.8. The Morgan fingerprint density at radius 1 is 0.577 bits per heavy atom. The van der Waals surface area contributed by atoms with Gasteiger partial charge in [0.1, 0.15) is 11.2 Å². The minimum Gasteiger partial charge on any atom is -0.456 e. The van der Waals surface area contributed by atoms with Crippen LogP contribution < -0.4 is 26.2 Å². The topological polar surface area (TPSA) is 24.6 Å². The number of hydrogen-bond donors (Lipinski definition) is 0. The summed E-state index contributed by atoms with van der Waals surface area (Å²) in [5.74, 6) is 0. The molecule has 3 aliphatic heterocycles. The first-order valence-electron chi connectivity index (χ1n) is 27.5. The van der Waals surface area contributed by atoms with Crippen LogP contribution in [-0.2, 0) is 5.41 Å². The third kappa shape index (κ3) is 3.44. The van der Waals surface area contributed by atoms with Gasteiger partial charge < -0.3 is 18.8 Å². The van der Waals surface area contributed by atoms with Crippen LogP contribution in [0.5, 0.6) is 0 Å². The highest BCUT2D eigenvalue weighted by Crippen LogP contribution is 2.53. The van der Waals surface area contributed by atoms with Gasteiger partial charge >= 0.3 is 0 Å². The van der Waals surface area contributed by atoms with Crippen molar-refractivity contribution >= 4 is 101 Å². The number of aromatic nitrogens is 1. The van der Waals surface area contributed by atoms with Gasteiger partial charge in [0.25, 0.3) is 6.71 Å². The van der Waals surface area contributed by atoms with Crippen molar-refractivity contribution < 1.29 is 34.6 Å². The summed E-state index contributed by atoms with van der Waals surface area (Å²) in [5.41, 5.74) is -5.36. The summed E-state index contributed by atoms with van der Waals surface area (Å²) in [6.45, 7) is 4.85. The number of anilines is 6. The van der Waals surface area contributed by atoms with Crippen LogP contribution >= 0.6 is 0 Å². The summed E-state index contributed by atoms with van der Waals surface area (Å²) in [6, 6.07) is -14.2. The van der Waals surface area contributed by atoms with Crippen molar-refractivity contribution in [1.29, 1.82) is 0 Å². The number of fused-ring (bicyclic) bond motifs is 12. The van der Waals surface area contributed by atoms with Gasteiger partial charge in [-0.05, 0) is 94.2 Å². The van der Waals surface area contributed by atoms with Crippen LogP contribution in [0.1, 0.15) is 62.1 Å². The minimum absolute atomic E-state index is 0.00179. The molecule has 3 aliphatic rings. The molecule has 0 radical (unpaired) electrons. The molecule has 4 nitrogen and oxygen atoms in total. The van der Waals surface area contributed by atoms with Crippen molar-refractivity contribution in [3.05, 3.63) is 144 Å². The minimum atomic E-state index is -1.62. The van der Waals surface area contributed by atoms with Crippen molar-refractivity contribution in [3.63, 3.8) is 0 Å². The predicted octanol–water partition coefficient (Wildman–Crippen LogP) is 10.7. The summed E-state index contributed by atoms with van der Waals surface area (Å²) >= 11 is 0. The Hall–Kier alpha value is -6.20. The molecule has 52 heavy (non-hydrogen) atoms. The van der Waals surface area contributed by atoms with Crippen LogP contribution in [0.15, 0.2) is 137 Å². The summed E-state index contributed by atoms with van der Waals surface area (Å²) in [4.78, 5) is 2.41. The Morgan fingerprint density at radius 2 is 1.27 bits per heavy atom. The van der Waals surface area contributed by atoms with E-state index in [1.165, 1.54) is 16.4 Å². The summed E-state index contributed by atoms with van der Waals surface area (Å²) in [5, 5.41) is -1.18. The average Bonchev–Trinajstić information content (AvgIpc) is 3.92. The number of nitrogens with zero attached hydrogens (tertiary/aromatic N) is 3. The smallest absolute Gasteiger partial charge is 0.252 e. The molecular weight excluding hydrogens is 633 g/mol. The fourth-order valence-corrected chi connectivity index (χ4v) is 7.99. The summed E-state index contributed by atoms with van der Waals surface area (Å²) in [7, 11) is 0. The van der Waals surface area contributed by atoms with Crippen molar-refractivity contribution in [3.8, 4) is 5.69 Å². The molecule has 0 fully saturated rings. The number of furan rings is 1. The summed E-state index contributed by atoms with van der Waals surface area (Å²) < 4.78 is 214. The second kappa shape index (κ2) is 9.57. The molecule has 0 N–H and O–H groups in total. The lowest BCUT2D eigenvalue weighted by molar-refractivity contribution is 0.591. The van der Waals surface area contributed by atoms with Crippen LogP contribution in [0.2, 0.25) is 0 Å². The predicted molar refractivity (Wildman–Crippen MR) is 219 cm³/mol. The van der Waals surface area contributed by atoms with Crippen LogP contribution in [0.25, 0.3) is 49.4 Å². The summed E-state index contributed by atoms with van der Waals surface area (Å²) in [6.07, 6.45) is 0. The van der Waals surface area contributed by atoms with E-state index >= 15 is 0 Å². The van der Waals surface area contributed by atoms with Gasteiger partial charge in [-0.1, -0.05) is 99.3 Å². The lowest BCUT2D eigenvalue weighted by Crippen LogP contribution is -2.62. The fraction of sp³-hybridized carbons (Fsp3) is 0.106. The molecule has 0 spiro atoms. The maximum absolute atomic E-state index is 10.3. The van der Waals surface area contributed by atoms with Gasteiger partial charge in [-0.3, -0.25) is 0 Å². The van der Waals surface area contributed by atoms with E-state index in [0.717, 1.165) is 4.90 Å². The largest absolute Gasteiger partial charge is 0.456 e. The first-order valence-corrected chi connectivity index (χ1v) is 16.5. The number of rotatable bonds is 1. The Balaban J connectivity index is 1.40. The quantitative estimate of drug-likeness (QED) is 0.160. The van der Waals surface area contributed by atoms with Crippen molar-refractivity contribution in [1.82, 2.24) is 4.57 Å².